The largest absolute Gasteiger partial charge is 0.477 e. The molecule has 15 nitrogen and oxygen atoms in total. The van der Waals surface area contributed by atoms with E-state index in [-0.39, 0.29) is 42.0 Å². The SMILES string of the molecule is Cc1ccc2cc(C(=O)NC3CCC(NC(=O)OCc4ccccc4)CC3)c(=O)oc2c1.Cc1ccc2cc(C(=O)O)c(=O)oc2c1.NC1CCC(NC(=O)OCc2ccccc2)CC1. The van der Waals surface area contributed by atoms with Gasteiger partial charge in [0.25, 0.3) is 5.91 Å². The maximum atomic E-state index is 12.7. The van der Waals surface area contributed by atoms with E-state index in [1.54, 1.807) is 24.3 Å². The summed E-state index contributed by atoms with van der Waals surface area (Å²) < 4.78 is 20.7. The van der Waals surface area contributed by atoms with Gasteiger partial charge in [-0.2, -0.15) is 0 Å². The van der Waals surface area contributed by atoms with Crippen LogP contribution in [0.15, 0.2) is 128 Å². The monoisotopic (exact) mass is 886 g/mol. The number of aromatic carboxylic acids is 1. The molecule has 0 bridgehead atoms. The summed E-state index contributed by atoms with van der Waals surface area (Å²) in [5, 5.41) is 18.8. The number of aryl methyl sites for hydroxylation is 2. The third-order valence-corrected chi connectivity index (χ3v) is 11.2. The molecule has 2 aliphatic rings. The Morgan fingerprint density at radius 1 is 0.569 bits per heavy atom. The normalized spacial score (nSPS) is 17.8. The molecule has 3 amide bonds. The maximum Gasteiger partial charge on any atom is 0.407 e. The molecule has 0 aliphatic heterocycles. The van der Waals surface area contributed by atoms with Crippen molar-refractivity contribution in [2.75, 3.05) is 0 Å². The minimum atomic E-state index is -1.27. The van der Waals surface area contributed by atoms with Gasteiger partial charge in [0.05, 0.1) is 0 Å². The van der Waals surface area contributed by atoms with E-state index in [0.29, 0.717) is 47.4 Å². The van der Waals surface area contributed by atoms with Crippen LogP contribution in [0.2, 0.25) is 0 Å². The van der Waals surface area contributed by atoms with E-state index in [0.717, 1.165) is 60.8 Å². The second-order valence-corrected chi connectivity index (χ2v) is 16.3. The molecule has 2 aliphatic carbocycles. The maximum absolute atomic E-state index is 12.7. The fourth-order valence-corrected chi connectivity index (χ4v) is 7.52. The predicted molar refractivity (Wildman–Crippen MR) is 245 cm³/mol. The van der Waals surface area contributed by atoms with Gasteiger partial charge in [-0.25, -0.2) is 24.0 Å². The summed E-state index contributed by atoms with van der Waals surface area (Å²) in [6, 6.07) is 33.3. The number of carboxylic acid groups (broad SMARTS) is 1. The fourth-order valence-electron chi connectivity index (χ4n) is 7.52. The number of ether oxygens (including phenoxy) is 2. The highest BCUT2D eigenvalue weighted by Crippen LogP contribution is 2.21. The number of nitrogens with two attached hydrogens (primary N) is 1. The number of alkyl carbamates (subject to hydrolysis) is 2. The molecule has 2 aromatic heterocycles. The molecule has 340 valence electrons. The highest BCUT2D eigenvalue weighted by Gasteiger charge is 2.26. The first-order valence-corrected chi connectivity index (χ1v) is 21.6. The molecule has 0 atom stereocenters. The van der Waals surface area contributed by atoms with Crippen LogP contribution in [0.3, 0.4) is 0 Å². The smallest absolute Gasteiger partial charge is 0.407 e. The number of carbonyl (C=O) groups excluding carboxylic acids is 3. The summed E-state index contributed by atoms with van der Waals surface area (Å²) >= 11 is 0. The van der Waals surface area contributed by atoms with Gasteiger partial charge in [-0.15, -0.1) is 0 Å². The Morgan fingerprint density at radius 2 is 0.969 bits per heavy atom. The highest BCUT2D eigenvalue weighted by molar-refractivity contribution is 5.97. The van der Waals surface area contributed by atoms with Crippen molar-refractivity contribution < 1.29 is 42.6 Å². The third kappa shape index (κ3) is 14.4. The number of rotatable bonds is 9. The standard InChI is InChI=1S/C25H26N2O5.C14H20N2O2.C11H8O4/c1-16-7-8-18-14-21(24(29)32-22(18)13-16)23(28)26-19-9-11-20(12-10-19)27-25(30)31-15-17-5-3-2-4-6-17;15-12-6-8-13(9-7-12)16-14(17)18-10-11-4-2-1-3-5-11;1-6-2-3-7-5-8(10(12)13)11(14)15-9(7)4-6/h2-8,13-14,19-20H,9-12,15H2,1H3,(H,26,28)(H,27,30);1-5,12-13H,6-10,15H2,(H,16,17);2-5H,1H3,(H,12,13). The molecule has 2 fully saturated rings. The Hall–Kier alpha value is -7.26. The first-order chi connectivity index (χ1) is 31.3. The van der Waals surface area contributed by atoms with Crippen molar-refractivity contribution in [3.8, 4) is 0 Å². The minimum absolute atomic E-state index is 0.000374. The van der Waals surface area contributed by atoms with Gasteiger partial charge in [0.15, 0.2) is 0 Å². The first kappa shape index (κ1) is 47.2. The van der Waals surface area contributed by atoms with Crippen LogP contribution in [-0.2, 0) is 22.7 Å². The lowest BCUT2D eigenvalue weighted by molar-refractivity contribution is 0.0692. The van der Waals surface area contributed by atoms with E-state index in [1.807, 2.05) is 92.7 Å². The molecule has 15 heteroatoms. The van der Waals surface area contributed by atoms with E-state index < -0.39 is 29.2 Å². The Kier molecular flexibility index (Phi) is 16.6. The van der Waals surface area contributed by atoms with Crippen LogP contribution in [-0.4, -0.2) is 53.3 Å². The van der Waals surface area contributed by atoms with E-state index >= 15 is 0 Å². The Balaban J connectivity index is 0.000000178. The van der Waals surface area contributed by atoms with Gasteiger partial charge in [0.1, 0.15) is 35.5 Å². The summed E-state index contributed by atoms with van der Waals surface area (Å²) in [5.74, 6) is -1.70. The number of carboxylic acids is 1. The van der Waals surface area contributed by atoms with Gasteiger partial charge < -0.3 is 45.1 Å². The molecule has 65 heavy (non-hydrogen) atoms. The van der Waals surface area contributed by atoms with E-state index in [9.17, 15) is 28.8 Å². The molecule has 2 heterocycles. The van der Waals surface area contributed by atoms with Crippen LogP contribution in [0.25, 0.3) is 21.9 Å². The zero-order chi connectivity index (χ0) is 46.3. The lowest BCUT2D eigenvalue weighted by Gasteiger charge is -2.29. The molecule has 6 aromatic rings. The van der Waals surface area contributed by atoms with Crippen LogP contribution in [0.1, 0.15) is 94.3 Å². The van der Waals surface area contributed by atoms with E-state index in [4.69, 9.17) is 29.1 Å². The number of hydrogen-bond acceptors (Lipinski definition) is 11. The van der Waals surface area contributed by atoms with Gasteiger partial charge in [-0.1, -0.05) is 84.9 Å². The Labute approximate surface area is 375 Å². The molecule has 0 radical (unpaired) electrons. The highest BCUT2D eigenvalue weighted by atomic mass is 16.6. The lowest BCUT2D eigenvalue weighted by Crippen LogP contribution is -2.44. The number of hydrogen-bond donors (Lipinski definition) is 5. The zero-order valence-electron chi connectivity index (χ0n) is 36.4. The number of benzene rings is 4. The number of nitrogens with one attached hydrogen (secondary N) is 3. The van der Waals surface area contributed by atoms with Crippen molar-refractivity contribution in [3.05, 3.63) is 163 Å². The molecule has 0 unspecified atom stereocenters. The zero-order valence-corrected chi connectivity index (χ0v) is 36.4. The van der Waals surface area contributed by atoms with Crippen LogP contribution >= 0.6 is 0 Å². The van der Waals surface area contributed by atoms with Crippen molar-refractivity contribution in [2.24, 2.45) is 5.73 Å². The van der Waals surface area contributed by atoms with Crippen molar-refractivity contribution in [1.29, 1.82) is 0 Å². The van der Waals surface area contributed by atoms with E-state index in [2.05, 4.69) is 16.0 Å². The molecular formula is C50H54N4O11. The van der Waals surface area contributed by atoms with Gasteiger partial charge >= 0.3 is 29.4 Å². The van der Waals surface area contributed by atoms with Gasteiger partial charge in [0, 0.05) is 34.9 Å². The molecule has 4 aromatic carbocycles. The predicted octanol–water partition coefficient (Wildman–Crippen LogP) is 8.05. The second-order valence-electron chi connectivity index (χ2n) is 16.3. The van der Waals surface area contributed by atoms with Crippen molar-refractivity contribution in [1.82, 2.24) is 16.0 Å². The molecular weight excluding hydrogens is 833 g/mol. The van der Waals surface area contributed by atoms with Crippen LogP contribution in [0.5, 0.6) is 0 Å². The third-order valence-electron chi connectivity index (χ3n) is 11.2. The Morgan fingerprint density at radius 3 is 1.42 bits per heavy atom. The van der Waals surface area contributed by atoms with Crippen molar-refractivity contribution >= 4 is 46.0 Å². The quantitative estimate of drug-likeness (QED) is 0.0869. The Bertz CT molecular complexity index is 2690. The lowest BCUT2D eigenvalue weighted by atomic mass is 9.91. The summed E-state index contributed by atoms with van der Waals surface area (Å²) in [5.41, 5.74) is 8.76. The van der Waals surface area contributed by atoms with Gasteiger partial charge in [-0.05, 0) is 112 Å². The second kappa shape index (κ2) is 22.9. The molecule has 6 N–H and O–H groups in total. The fraction of sp³-hybridized carbons (Fsp3) is 0.320. The van der Waals surface area contributed by atoms with Crippen LogP contribution in [0, 0.1) is 13.8 Å². The van der Waals surface area contributed by atoms with Crippen molar-refractivity contribution in [2.45, 2.75) is 103 Å². The minimum Gasteiger partial charge on any atom is -0.477 e. The average molecular weight is 887 g/mol. The van der Waals surface area contributed by atoms with E-state index in [1.165, 1.54) is 6.07 Å². The summed E-state index contributed by atoms with van der Waals surface area (Å²) in [4.78, 5) is 70.5. The number of amides is 3. The topological polar surface area (TPSA) is 229 Å². The van der Waals surface area contributed by atoms with Gasteiger partial charge in [-0.3, -0.25) is 4.79 Å². The summed E-state index contributed by atoms with van der Waals surface area (Å²) in [6.07, 6.45) is 5.91. The molecule has 0 spiro atoms. The van der Waals surface area contributed by atoms with Crippen molar-refractivity contribution in [3.63, 3.8) is 0 Å². The van der Waals surface area contributed by atoms with Crippen LogP contribution < -0.4 is 32.9 Å². The number of fused-ring (bicyclic) bond motifs is 2. The summed E-state index contributed by atoms with van der Waals surface area (Å²) in [6.45, 7) is 4.32. The molecule has 2 saturated carbocycles. The van der Waals surface area contributed by atoms with Crippen LogP contribution in [0.4, 0.5) is 9.59 Å². The average Bonchev–Trinajstić information content (AvgIpc) is 3.29. The molecule has 0 saturated heterocycles. The number of carbonyl (C=O) groups is 4. The van der Waals surface area contributed by atoms with Gasteiger partial charge in [0.2, 0.25) is 0 Å². The molecule has 8 rings (SSSR count). The first-order valence-electron chi connectivity index (χ1n) is 21.6. The summed E-state index contributed by atoms with van der Waals surface area (Å²) in [7, 11) is 0.